The maximum atomic E-state index is 14.1. The number of thiophene rings is 1. The quantitative estimate of drug-likeness (QED) is 0.00978. The second kappa shape index (κ2) is 33.0. The first-order valence-corrected chi connectivity index (χ1v) is 30.9. The van der Waals surface area contributed by atoms with Gasteiger partial charge in [-0.2, -0.15) is 5.10 Å². The fourth-order valence-corrected chi connectivity index (χ4v) is 11.7. The van der Waals surface area contributed by atoms with Crippen LogP contribution in [0.1, 0.15) is 83.3 Å². The van der Waals surface area contributed by atoms with E-state index in [1.165, 1.54) is 34.6 Å². The summed E-state index contributed by atoms with van der Waals surface area (Å²) >= 11 is 2.92. The number of β-amino-alcohol motifs (C(OH)–C–C–N with tert-alkyl or cyclic N) is 1. The normalized spacial score (nSPS) is 14.9. The van der Waals surface area contributed by atoms with Gasteiger partial charge in [0.05, 0.1) is 107 Å². The number of thiazole rings is 1. The molecule has 0 radical (unpaired) electrons. The van der Waals surface area contributed by atoms with E-state index in [1.54, 1.807) is 90.2 Å². The number of likely N-dealkylation sites (tertiary alicyclic amines) is 1. The number of aliphatic hydroxyl groups excluding tert-OH is 1. The highest BCUT2D eigenvalue weighted by molar-refractivity contribution is 7.22. The van der Waals surface area contributed by atoms with E-state index in [0.29, 0.717) is 98.8 Å². The number of amides is 4. The highest BCUT2D eigenvalue weighted by Crippen LogP contribution is 2.42. The van der Waals surface area contributed by atoms with Gasteiger partial charge in [-0.1, -0.05) is 57.2 Å². The zero-order chi connectivity index (χ0) is 63.3. The summed E-state index contributed by atoms with van der Waals surface area (Å²) < 4.78 is 39.9. The molecule has 4 unspecified atom stereocenters. The third kappa shape index (κ3) is 19.5. The van der Waals surface area contributed by atoms with Crippen LogP contribution in [0, 0.1) is 12.3 Å². The third-order valence-corrected chi connectivity index (χ3v) is 16.5. The van der Waals surface area contributed by atoms with Crippen molar-refractivity contribution in [3.05, 3.63) is 154 Å². The number of aromatic nitrogens is 1. The summed E-state index contributed by atoms with van der Waals surface area (Å²) in [6.07, 6.45) is 0.683. The zero-order valence-corrected chi connectivity index (χ0v) is 52.1. The van der Waals surface area contributed by atoms with Crippen LogP contribution in [-0.4, -0.2) is 171 Å². The molecule has 4 atom stereocenters. The van der Waals surface area contributed by atoms with Crippen molar-refractivity contribution < 1.29 is 72.5 Å². The van der Waals surface area contributed by atoms with E-state index < -0.39 is 41.3 Å². The van der Waals surface area contributed by atoms with E-state index >= 15 is 0 Å². The van der Waals surface area contributed by atoms with E-state index in [0.717, 1.165) is 32.0 Å². The summed E-state index contributed by atoms with van der Waals surface area (Å²) in [6.45, 7) is 12.9. The molecule has 0 bridgehead atoms. The lowest BCUT2D eigenvalue weighted by Crippen LogP contribution is -2.58. The van der Waals surface area contributed by atoms with Gasteiger partial charge < -0.3 is 64.0 Å². The summed E-state index contributed by atoms with van der Waals surface area (Å²) in [7, 11) is 0. The number of nitrogens with zero attached hydrogens (tertiary/aromatic N) is 3. The number of phenolic OH excluding ortho intramolecular Hbond substituents is 2. The molecule has 23 heteroatoms. The molecule has 472 valence electrons. The van der Waals surface area contributed by atoms with Gasteiger partial charge in [-0.3, -0.25) is 24.0 Å². The van der Waals surface area contributed by atoms with Gasteiger partial charge in [0.25, 0.3) is 5.91 Å². The summed E-state index contributed by atoms with van der Waals surface area (Å²) in [5.41, 5.74) is 8.91. The minimum atomic E-state index is -0.986. The number of hydrogen-bond donors (Lipinski definition) is 6. The molecule has 21 nitrogen and oxygen atoms in total. The molecule has 1 fully saturated rings. The van der Waals surface area contributed by atoms with Crippen molar-refractivity contribution in [3.8, 4) is 38.1 Å². The molecule has 2 aromatic heterocycles. The number of carbonyl (C=O) groups is 5. The highest BCUT2D eigenvalue weighted by atomic mass is 32.1. The van der Waals surface area contributed by atoms with Gasteiger partial charge in [0.1, 0.15) is 42.5 Å². The molecule has 0 spiro atoms. The highest BCUT2D eigenvalue weighted by Gasteiger charge is 2.45. The van der Waals surface area contributed by atoms with Crippen LogP contribution in [0.4, 0.5) is 0 Å². The molecule has 89 heavy (non-hydrogen) atoms. The molecular formula is C66H76N6O15S2. The van der Waals surface area contributed by atoms with E-state index in [1.807, 2.05) is 64.4 Å². The Hall–Kier alpha value is -7.97. The second-order valence-corrected chi connectivity index (χ2v) is 24.0. The first-order chi connectivity index (χ1) is 42.9. The smallest absolute Gasteiger partial charge is 0.271 e. The second-order valence-electron chi connectivity index (χ2n) is 22.1. The summed E-state index contributed by atoms with van der Waals surface area (Å²) in [6, 6.07) is 30.5. The number of ketones is 1. The van der Waals surface area contributed by atoms with Crippen LogP contribution < -0.4 is 20.8 Å². The lowest BCUT2D eigenvalue weighted by atomic mass is 9.85. The number of aliphatic hydroxyl groups is 1. The minimum absolute atomic E-state index is 0.0338. The number of carbonyl (C=O) groups excluding carboxylic acids is 5. The van der Waals surface area contributed by atoms with Crippen LogP contribution in [-0.2, 0) is 42.8 Å². The van der Waals surface area contributed by atoms with Crippen molar-refractivity contribution in [2.45, 2.75) is 65.3 Å². The minimum Gasteiger partial charge on any atom is -0.508 e. The third-order valence-electron chi connectivity index (χ3n) is 14.3. The first kappa shape index (κ1) is 67.0. The van der Waals surface area contributed by atoms with Crippen LogP contribution in [0.5, 0.6) is 17.2 Å². The molecule has 0 aliphatic carbocycles. The number of aromatic hydroxyl groups is 2. The van der Waals surface area contributed by atoms with Crippen molar-refractivity contribution >= 4 is 68.4 Å². The Morgan fingerprint density at radius 3 is 1.91 bits per heavy atom. The monoisotopic (exact) mass is 1260 g/mol. The number of rotatable bonds is 33. The number of benzene rings is 5. The maximum absolute atomic E-state index is 14.1. The molecule has 6 N–H and O–H groups in total. The molecule has 5 aromatic carbocycles. The van der Waals surface area contributed by atoms with Gasteiger partial charge >= 0.3 is 0 Å². The Labute approximate surface area is 524 Å². The number of phenols is 2. The fourth-order valence-electron chi connectivity index (χ4n) is 9.65. The van der Waals surface area contributed by atoms with Gasteiger partial charge in [-0.15, -0.1) is 22.7 Å². The van der Waals surface area contributed by atoms with Crippen LogP contribution in [0.15, 0.2) is 126 Å². The standard InChI is InChI=1S/C66H76N6O15S2/c1-42(45-11-13-46(14-12-45)60-43(2)67-41-88-60)69-64(79)55-36-52(75)39-72(55)65(80)62(66(3,4)5)70-57(76)40-86-32-31-84-28-27-82-24-23-81-25-26-83-29-30-85-33-34-87-53-20-9-44(10-21-53)38-68-71-63(78)49-8-6-7-48(35-49)59(77)58-54-22-19-51(74)37-56(54)89-61(58)47-15-17-50(73)18-16-47/h6-22,35,37-38,41-42,52,55,62,73-75H,23-34,36,39-40H2,1-5H3,(H,69,79)(H,70,76)(H,71,78). The van der Waals surface area contributed by atoms with Crippen molar-refractivity contribution in [1.82, 2.24) is 25.9 Å². The SMILES string of the molecule is Cc1ncsc1-c1ccc(C(C)NC(=O)C2CC(O)CN2C(=O)C(NC(=O)COCCOCCOCCOCCOCCOCCOc2ccc(C=NNC(=O)c3cccc(C(=O)c4c(-c5ccc(O)cc5)sc5cc(O)ccc45)c3)cc2)C(C)(C)C)cc1. The Bertz CT molecular complexity index is 3500. The Balaban J connectivity index is 0.613. The first-order valence-electron chi connectivity index (χ1n) is 29.2. The van der Waals surface area contributed by atoms with Gasteiger partial charge in [-0.25, -0.2) is 10.4 Å². The molecule has 3 heterocycles. The number of nitrogens with one attached hydrogen (secondary N) is 3. The van der Waals surface area contributed by atoms with Crippen molar-refractivity contribution in [2.24, 2.45) is 10.5 Å². The lowest BCUT2D eigenvalue weighted by molar-refractivity contribution is -0.144. The molecule has 7 aromatic rings. The molecule has 8 rings (SSSR count). The molecular weight excluding hydrogens is 1180 g/mol. The van der Waals surface area contributed by atoms with Crippen LogP contribution in [0.25, 0.3) is 31.0 Å². The van der Waals surface area contributed by atoms with Gasteiger partial charge in [-0.05, 0) is 120 Å². The Kier molecular flexibility index (Phi) is 24.8. The summed E-state index contributed by atoms with van der Waals surface area (Å²) in [5.74, 6) is -1.34. The van der Waals surface area contributed by atoms with Gasteiger partial charge in [0.15, 0.2) is 5.78 Å². The van der Waals surface area contributed by atoms with E-state index in [-0.39, 0.29) is 67.6 Å². The Morgan fingerprint density at radius 2 is 1.29 bits per heavy atom. The van der Waals surface area contributed by atoms with Crippen molar-refractivity contribution in [3.63, 3.8) is 0 Å². The topological polar surface area (TPSA) is 275 Å². The average Bonchev–Trinajstić information content (AvgIpc) is 3.02. The number of hydrazone groups is 1. The van der Waals surface area contributed by atoms with Gasteiger partial charge in [0, 0.05) is 44.6 Å². The molecule has 1 aliphatic heterocycles. The van der Waals surface area contributed by atoms with Crippen molar-refractivity contribution in [1.29, 1.82) is 0 Å². The van der Waals surface area contributed by atoms with E-state index in [4.69, 9.17) is 33.2 Å². The summed E-state index contributed by atoms with van der Waals surface area (Å²) in [5, 5.41) is 41.2. The number of hydrogen-bond acceptors (Lipinski definition) is 19. The van der Waals surface area contributed by atoms with Crippen molar-refractivity contribution in [2.75, 3.05) is 92.4 Å². The number of aryl methyl sites for hydroxylation is 1. The van der Waals surface area contributed by atoms with E-state index in [9.17, 15) is 39.3 Å². The predicted molar refractivity (Wildman–Crippen MR) is 339 cm³/mol. The van der Waals surface area contributed by atoms with Gasteiger partial charge in [0.2, 0.25) is 17.7 Å². The molecule has 1 aliphatic rings. The molecule has 0 saturated carbocycles. The summed E-state index contributed by atoms with van der Waals surface area (Å²) in [4.78, 5) is 75.3. The van der Waals surface area contributed by atoms with Crippen LogP contribution >= 0.6 is 22.7 Å². The fraction of sp³-hybridized carbons (Fsp3) is 0.379. The molecule has 1 saturated heterocycles. The Morgan fingerprint density at radius 1 is 0.708 bits per heavy atom. The van der Waals surface area contributed by atoms with E-state index in [2.05, 4.69) is 26.1 Å². The largest absolute Gasteiger partial charge is 0.508 e. The maximum Gasteiger partial charge on any atom is 0.271 e. The molecule has 4 amide bonds. The number of ether oxygens (including phenoxy) is 7. The average molecular weight is 1260 g/mol. The lowest BCUT2D eigenvalue weighted by Gasteiger charge is -2.35. The number of fused-ring (bicyclic) bond motifs is 1. The van der Waals surface area contributed by atoms with Crippen LogP contribution in [0.3, 0.4) is 0 Å². The predicted octanol–water partition coefficient (Wildman–Crippen LogP) is 8.25. The van der Waals surface area contributed by atoms with Crippen LogP contribution in [0.2, 0.25) is 0 Å². The zero-order valence-electron chi connectivity index (χ0n) is 50.4.